The van der Waals surface area contributed by atoms with Crippen molar-refractivity contribution in [3.05, 3.63) is 41.1 Å². The number of rotatable bonds is 2. The van der Waals surface area contributed by atoms with Crippen molar-refractivity contribution in [2.45, 2.75) is 0 Å². The van der Waals surface area contributed by atoms with E-state index in [2.05, 4.69) is 6.07 Å². The Bertz CT molecular complexity index is 371. The minimum absolute atomic E-state index is 0.631. The lowest BCUT2D eigenvalue weighted by Crippen LogP contribution is -2.02. The van der Waals surface area contributed by atoms with Crippen LogP contribution in [0.4, 0.5) is 0 Å². The summed E-state index contributed by atoms with van der Waals surface area (Å²) < 4.78 is 0. The second-order valence-corrected chi connectivity index (χ2v) is 3.56. The number of hydrogen-bond acceptors (Lipinski definition) is 2. The number of halogens is 1. The summed E-state index contributed by atoms with van der Waals surface area (Å²) in [5.74, 6) is 0. The van der Waals surface area contributed by atoms with Crippen LogP contribution in [0.3, 0.4) is 0 Å². The van der Waals surface area contributed by atoms with Crippen molar-refractivity contribution in [3.63, 3.8) is 0 Å². The molecule has 1 aromatic carbocycles. The van der Waals surface area contributed by atoms with E-state index in [9.17, 15) is 0 Å². The molecule has 0 fully saturated rings. The van der Waals surface area contributed by atoms with Gasteiger partial charge in [-0.15, -0.1) is 0 Å². The van der Waals surface area contributed by atoms with Crippen molar-refractivity contribution in [2.24, 2.45) is 0 Å². The fourth-order valence-corrected chi connectivity index (χ4v) is 1.18. The van der Waals surface area contributed by atoms with Crippen LogP contribution in [0.15, 0.2) is 30.5 Å². The zero-order valence-electron chi connectivity index (χ0n) is 8.16. The van der Waals surface area contributed by atoms with Crippen LogP contribution < -0.4 is 0 Å². The normalized spacial score (nSPS) is 10.9. The third kappa shape index (κ3) is 2.79. The molecule has 0 unspecified atom stereocenters. The lowest BCUT2D eigenvalue weighted by Gasteiger charge is -2.06. The van der Waals surface area contributed by atoms with Crippen molar-refractivity contribution in [2.75, 3.05) is 14.1 Å². The molecule has 0 aliphatic rings. The third-order valence-electron chi connectivity index (χ3n) is 1.66. The average molecular weight is 207 g/mol. The first-order chi connectivity index (χ1) is 6.63. The maximum atomic E-state index is 8.92. The Labute approximate surface area is 89.0 Å². The van der Waals surface area contributed by atoms with Gasteiger partial charge < -0.3 is 4.90 Å². The number of hydrogen-bond donors (Lipinski definition) is 0. The quantitative estimate of drug-likeness (QED) is 0.696. The molecule has 0 aliphatic carbocycles. The van der Waals surface area contributed by atoms with E-state index in [1.807, 2.05) is 31.1 Å². The minimum atomic E-state index is 0.631. The monoisotopic (exact) mass is 206 g/mol. The standard InChI is InChI=1S/C11H11ClN2/c1-14(2)8-10(7-13)9-3-5-11(12)6-4-9/h3-6,8H,1-2H3. The first-order valence-electron chi connectivity index (χ1n) is 4.18. The summed E-state index contributed by atoms with van der Waals surface area (Å²) in [6.45, 7) is 0. The minimum Gasteiger partial charge on any atom is -0.382 e. The Morgan fingerprint density at radius 3 is 2.36 bits per heavy atom. The summed E-state index contributed by atoms with van der Waals surface area (Å²) >= 11 is 5.75. The molecular formula is C11H11ClN2. The number of nitriles is 1. The highest BCUT2D eigenvalue weighted by Gasteiger charge is 2.00. The van der Waals surface area contributed by atoms with Gasteiger partial charge in [0.25, 0.3) is 0 Å². The molecule has 0 saturated carbocycles. The van der Waals surface area contributed by atoms with E-state index in [1.165, 1.54) is 0 Å². The molecule has 0 heterocycles. The Hall–Kier alpha value is -1.46. The molecule has 14 heavy (non-hydrogen) atoms. The van der Waals surface area contributed by atoms with Crippen LogP contribution in [0.2, 0.25) is 5.02 Å². The highest BCUT2D eigenvalue weighted by molar-refractivity contribution is 6.30. The van der Waals surface area contributed by atoms with Gasteiger partial charge in [-0.1, -0.05) is 23.7 Å². The van der Waals surface area contributed by atoms with Gasteiger partial charge in [-0.2, -0.15) is 5.26 Å². The summed E-state index contributed by atoms with van der Waals surface area (Å²) in [7, 11) is 3.76. The van der Waals surface area contributed by atoms with E-state index < -0.39 is 0 Å². The summed E-state index contributed by atoms with van der Waals surface area (Å²) in [5.41, 5.74) is 1.51. The fraction of sp³-hybridized carbons (Fsp3) is 0.182. The van der Waals surface area contributed by atoms with Gasteiger partial charge in [-0.25, -0.2) is 0 Å². The summed E-state index contributed by atoms with van der Waals surface area (Å²) in [6, 6.07) is 9.36. The maximum Gasteiger partial charge on any atom is 0.101 e. The molecule has 3 heteroatoms. The summed E-state index contributed by atoms with van der Waals surface area (Å²) in [5, 5.41) is 9.60. The lowest BCUT2D eigenvalue weighted by atomic mass is 10.1. The maximum absolute atomic E-state index is 8.92. The van der Waals surface area contributed by atoms with Crippen LogP contribution in [0.25, 0.3) is 5.57 Å². The van der Waals surface area contributed by atoms with Gasteiger partial charge in [0.05, 0.1) is 5.57 Å². The number of benzene rings is 1. The van der Waals surface area contributed by atoms with Crippen LogP contribution in [-0.2, 0) is 0 Å². The van der Waals surface area contributed by atoms with Gasteiger partial charge in [0.2, 0.25) is 0 Å². The van der Waals surface area contributed by atoms with Crippen LogP contribution >= 0.6 is 11.6 Å². The molecule has 0 aliphatic heterocycles. The fourth-order valence-electron chi connectivity index (χ4n) is 1.06. The SMILES string of the molecule is CN(C)C=C(C#N)c1ccc(Cl)cc1. The summed E-state index contributed by atoms with van der Waals surface area (Å²) in [4.78, 5) is 1.84. The van der Waals surface area contributed by atoms with E-state index in [-0.39, 0.29) is 0 Å². The molecule has 0 spiro atoms. The average Bonchev–Trinajstić information content (AvgIpc) is 2.15. The van der Waals surface area contributed by atoms with Crippen LogP contribution in [0.5, 0.6) is 0 Å². The van der Waals surface area contributed by atoms with Crippen molar-refractivity contribution >= 4 is 17.2 Å². The predicted octanol–water partition coefficient (Wildman–Crippen LogP) is 2.77. The van der Waals surface area contributed by atoms with E-state index >= 15 is 0 Å². The molecule has 0 aromatic heterocycles. The Balaban J connectivity index is 3.03. The Morgan fingerprint density at radius 1 is 1.36 bits per heavy atom. The number of allylic oxidation sites excluding steroid dienone is 1. The van der Waals surface area contributed by atoms with Gasteiger partial charge in [0.15, 0.2) is 0 Å². The van der Waals surface area contributed by atoms with Crippen LogP contribution in [0, 0.1) is 11.3 Å². The molecule has 1 aromatic rings. The van der Waals surface area contributed by atoms with E-state index in [4.69, 9.17) is 16.9 Å². The Morgan fingerprint density at radius 2 is 1.93 bits per heavy atom. The predicted molar refractivity (Wildman–Crippen MR) is 58.7 cm³/mol. The smallest absolute Gasteiger partial charge is 0.101 e. The van der Waals surface area contributed by atoms with E-state index in [1.54, 1.807) is 18.3 Å². The van der Waals surface area contributed by atoms with Crippen molar-refractivity contribution in [3.8, 4) is 6.07 Å². The molecule has 0 radical (unpaired) electrons. The van der Waals surface area contributed by atoms with E-state index in [0.29, 0.717) is 10.6 Å². The molecular weight excluding hydrogens is 196 g/mol. The molecule has 0 bridgehead atoms. The molecule has 0 N–H and O–H groups in total. The third-order valence-corrected chi connectivity index (χ3v) is 1.91. The molecule has 1 rings (SSSR count). The highest BCUT2D eigenvalue weighted by Crippen LogP contribution is 2.16. The van der Waals surface area contributed by atoms with Crippen molar-refractivity contribution in [1.29, 1.82) is 5.26 Å². The summed E-state index contributed by atoms with van der Waals surface area (Å²) in [6.07, 6.45) is 1.78. The van der Waals surface area contributed by atoms with Gasteiger partial charge in [0, 0.05) is 25.3 Å². The van der Waals surface area contributed by atoms with Crippen molar-refractivity contribution < 1.29 is 0 Å². The van der Waals surface area contributed by atoms with Crippen molar-refractivity contribution in [1.82, 2.24) is 4.90 Å². The van der Waals surface area contributed by atoms with Gasteiger partial charge in [-0.05, 0) is 17.7 Å². The largest absolute Gasteiger partial charge is 0.382 e. The van der Waals surface area contributed by atoms with Crippen LogP contribution in [-0.4, -0.2) is 19.0 Å². The van der Waals surface area contributed by atoms with E-state index in [0.717, 1.165) is 5.56 Å². The highest BCUT2D eigenvalue weighted by atomic mass is 35.5. The topological polar surface area (TPSA) is 27.0 Å². The van der Waals surface area contributed by atoms with Gasteiger partial charge >= 0.3 is 0 Å². The first kappa shape index (κ1) is 10.6. The zero-order valence-corrected chi connectivity index (χ0v) is 8.92. The molecule has 72 valence electrons. The molecule has 0 amide bonds. The second kappa shape index (κ2) is 4.69. The Kier molecular flexibility index (Phi) is 3.55. The molecule has 0 atom stereocenters. The van der Waals surface area contributed by atoms with Gasteiger partial charge in [-0.3, -0.25) is 0 Å². The lowest BCUT2D eigenvalue weighted by molar-refractivity contribution is 0.566. The molecule has 2 nitrogen and oxygen atoms in total. The van der Waals surface area contributed by atoms with Crippen LogP contribution in [0.1, 0.15) is 5.56 Å². The first-order valence-corrected chi connectivity index (χ1v) is 4.55. The van der Waals surface area contributed by atoms with Gasteiger partial charge in [0.1, 0.15) is 6.07 Å². The number of nitrogens with zero attached hydrogens (tertiary/aromatic N) is 2. The molecule has 0 saturated heterocycles. The second-order valence-electron chi connectivity index (χ2n) is 3.13. The zero-order chi connectivity index (χ0) is 10.6.